The maximum absolute atomic E-state index is 13.2. The van der Waals surface area contributed by atoms with Crippen LogP contribution in [0.1, 0.15) is 18.9 Å². The highest BCUT2D eigenvalue weighted by Crippen LogP contribution is 2.34. The second-order valence-electron chi connectivity index (χ2n) is 10.8. The summed E-state index contributed by atoms with van der Waals surface area (Å²) in [4.78, 5) is 50.6. The van der Waals surface area contributed by atoms with Crippen molar-refractivity contribution in [3.05, 3.63) is 35.8 Å². The molecule has 0 spiro atoms. The molecule has 1 atom stereocenters. The summed E-state index contributed by atoms with van der Waals surface area (Å²) in [6.07, 6.45) is -0.115. The van der Waals surface area contributed by atoms with E-state index in [2.05, 4.69) is 41.0 Å². The number of carbonyl (C=O) groups is 3. The third kappa shape index (κ3) is 7.61. The zero-order valence-electron chi connectivity index (χ0n) is 25.2. The van der Waals surface area contributed by atoms with Gasteiger partial charge in [0, 0.05) is 19.5 Å². The number of hydrogen-bond donors (Lipinski definition) is 1. The number of ketones is 1. The zero-order chi connectivity index (χ0) is 30.5. The highest BCUT2D eigenvalue weighted by molar-refractivity contribution is 6.88. The lowest BCUT2D eigenvalue weighted by molar-refractivity contribution is -0.134. The van der Waals surface area contributed by atoms with Crippen LogP contribution in [0.25, 0.3) is 0 Å². The first-order chi connectivity index (χ1) is 19.3. The van der Waals surface area contributed by atoms with Crippen LogP contribution in [0.4, 0.5) is 11.6 Å². The van der Waals surface area contributed by atoms with Gasteiger partial charge in [0.05, 0.1) is 28.4 Å². The van der Waals surface area contributed by atoms with Gasteiger partial charge in [-0.25, -0.2) is 0 Å². The maximum Gasteiger partial charge on any atom is 0.289 e. The highest BCUT2D eigenvalue weighted by Gasteiger charge is 2.37. The molecule has 2 heterocycles. The Bertz CT molecular complexity index is 1310. The lowest BCUT2D eigenvalue weighted by Gasteiger charge is -2.24. The maximum atomic E-state index is 13.2. The van der Waals surface area contributed by atoms with Crippen LogP contribution in [0.5, 0.6) is 17.5 Å². The molecule has 3 rings (SSSR count). The van der Waals surface area contributed by atoms with Gasteiger partial charge in [-0.3, -0.25) is 19.3 Å². The normalized spacial score (nSPS) is 14.8. The van der Waals surface area contributed by atoms with Crippen LogP contribution >= 0.6 is 0 Å². The summed E-state index contributed by atoms with van der Waals surface area (Å²) < 4.78 is 22.3. The van der Waals surface area contributed by atoms with Gasteiger partial charge in [0.15, 0.2) is 5.69 Å². The van der Waals surface area contributed by atoms with Crippen molar-refractivity contribution in [3.8, 4) is 17.5 Å². The summed E-state index contributed by atoms with van der Waals surface area (Å²) in [6, 6.07) is 5.99. The van der Waals surface area contributed by atoms with E-state index in [0.29, 0.717) is 18.8 Å². The summed E-state index contributed by atoms with van der Waals surface area (Å²) >= 11 is 0. The molecule has 12 nitrogen and oxygen atoms in total. The van der Waals surface area contributed by atoms with Crippen LogP contribution in [0.2, 0.25) is 19.6 Å². The van der Waals surface area contributed by atoms with Gasteiger partial charge in [-0.05, 0) is 32.6 Å². The number of likely N-dealkylation sites (N-methyl/N-ethyl adjacent to an activating group) is 1. The second-order valence-corrected chi connectivity index (χ2v) is 15.9. The van der Waals surface area contributed by atoms with E-state index in [9.17, 15) is 14.4 Å². The van der Waals surface area contributed by atoms with Crippen LogP contribution in [0, 0.1) is 6.92 Å². The van der Waals surface area contributed by atoms with Crippen LogP contribution < -0.4 is 29.6 Å². The third-order valence-electron chi connectivity index (χ3n) is 6.34. The molecule has 41 heavy (non-hydrogen) atoms. The number of aromatic nitrogens is 2. The Hall–Kier alpha value is -3.97. The molecule has 2 amide bonds. The molecule has 0 radical (unpaired) electrons. The number of nitrogens with zero attached hydrogens (tertiary/aromatic N) is 4. The number of nitrogens with one attached hydrogen (secondary N) is 1. The van der Waals surface area contributed by atoms with Crippen LogP contribution in [-0.4, -0.2) is 88.0 Å². The third-order valence-corrected chi connectivity index (χ3v) is 8.38. The Kier molecular flexibility index (Phi) is 10.1. The van der Waals surface area contributed by atoms with E-state index in [1.54, 1.807) is 6.92 Å². The Morgan fingerprint density at radius 2 is 1.71 bits per heavy atom. The van der Waals surface area contributed by atoms with E-state index in [1.165, 1.54) is 24.3 Å². The van der Waals surface area contributed by atoms with Crippen molar-refractivity contribution in [1.82, 2.24) is 14.9 Å². The molecule has 1 aliphatic rings. The molecule has 1 aromatic heterocycles. The monoisotopic (exact) mass is 585 g/mol. The summed E-state index contributed by atoms with van der Waals surface area (Å²) in [6.45, 7) is 11.2. The minimum absolute atomic E-state index is 0.00953. The van der Waals surface area contributed by atoms with Gasteiger partial charge in [0.25, 0.3) is 11.9 Å². The summed E-state index contributed by atoms with van der Waals surface area (Å²) in [7, 11) is 4.88. The van der Waals surface area contributed by atoms with Crippen molar-refractivity contribution in [3.63, 3.8) is 0 Å². The zero-order valence-corrected chi connectivity index (χ0v) is 26.2. The van der Waals surface area contributed by atoms with Gasteiger partial charge >= 0.3 is 0 Å². The van der Waals surface area contributed by atoms with E-state index in [1.807, 2.05) is 38.1 Å². The second kappa shape index (κ2) is 13.1. The van der Waals surface area contributed by atoms with Crippen molar-refractivity contribution in [2.24, 2.45) is 0 Å². The summed E-state index contributed by atoms with van der Waals surface area (Å²) in [5.74, 6) is -1.13. The highest BCUT2D eigenvalue weighted by atomic mass is 28.3. The molecule has 0 bridgehead atoms. The minimum atomic E-state index is -1.61. The number of anilines is 2. The number of hydrogen-bond acceptors (Lipinski definition) is 10. The van der Waals surface area contributed by atoms with Crippen molar-refractivity contribution >= 4 is 42.5 Å². The smallest absolute Gasteiger partial charge is 0.289 e. The first kappa shape index (κ1) is 31.6. The van der Waals surface area contributed by atoms with Crippen molar-refractivity contribution < 1.29 is 33.3 Å². The van der Waals surface area contributed by atoms with Gasteiger partial charge in [-0.2, -0.15) is 9.97 Å². The Labute approximate surface area is 241 Å². The first-order valence-electron chi connectivity index (χ1n) is 13.3. The van der Waals surface area contributed by atoms with Crippen molar-refractivity contribution in [2.75, 3.05) is 51.6 Å². The molecule has 0 aliphatic carbocycles. The topological polar surface area (TPSA) is 132 Å². The van der Waals surface area contributed by atoms with Crippen molar-refractivity contribution in [2.45, 2.75) is 46.0 Å². The van der Waals surface area contributed by atoms with E-state index in [-0.39, 0.29) is 41.7 Å². The summed E-state index contributed by atoms with van der Waals surface area (Å²) in [5.41, 5.74) is 0.856. The van der Waals surface area contributed by atoms with Gasteiger partial charge in [-0.15, -0.1) is 0 Å². The van der Waals surface area contributed by atoms with Crippen molar-refractivity contribution in [1.29, 1.82) is 0 Å². The lowest BCUT2D eigenvalue weighted by atomic mass is 10.2. The number of carbonyl (C=O) groups excluding carboxylic acids is 3. The molecular weight excluding hydrogens is 546 g/mol. The predicted octanol–water partition coefficient (Wildman–Crippen LogP) is 2.48. The largest absolute Gasteiger partial charge is 0.479 e. The average Bonchev–Trinajstić information content (AvgIpc) is 3.29. The minimum Gasteiger partial charge on any atom is -0.479 e. The Morgan fingerprint density at radius 3 is 2.24 bits per heavy atom. The van der Waals surface area contributed by atoms with E-state index < -0.39 is 25.9 Å². The number of methoxy groups -OCH3 is 2. The summed E-state index contributed by atoms with van der Waals surface area (Å²) in [5, 5.41) is 3.76. The van der Waals surface area contributed by atoms with Gasteiger partial charge in [0.1, 0.15) is 5.75 Å². The lowest BCUT2D eigenvalue weighted by Crippen LogP contribution is -2.38. The van der Waals surface area contributed by atoms with E-state index in [4.69, 9.17) is 18.9 Å². The quantitative estimate of drug-likeness (QED) is 0.293. The first-order valence-corrected chi connectivity index (χ1v) is 16.8. The van der Waals surface area contributed by atoms with Crippen LogP contribution in [-0.2, 0) is 19.1 Å². The molecule has 0 saturated carbocycles. The number of rotatable bonds is 12. The number of aryl methyl sites for hydroxylation is 1. The SMILES string of the molecule is CCC(=O)N(CCN(C)C)c1nc(OC)c(NC(=O)C2OC(Oc3cc([Si](C)(C)C)ccc3C)=CC2=O)c(OC)n1. The molecule has 2 aromatic rings. The number of benzene rings is 1. The number of amides is 2. The Morgan fingerprint density at radius 1 is 1.07 bits per heavy atom. The van der Waals surface area contributed by atoms with Gasteiger partial charge in [0.2, 0.25) is 35.5 Å². The molecule has 13 heteroatoms. The molecular formula is C28H39N5O7Si. The van der Waals surface area contributed by atoms with Crippen LogP contribution in [0.3, 0.4) is 0 Å². The fraction of sp³-hybridized carbons (Fsp3) is 0.464. The molecule has 0 saturated heterocycles. The molecule has 1 aliphatic heterocycles. The van der Waals surface area contributed by atoms with E-state index in [0.717, 1.165) is 11.6 Å². The van der Waals surface area contributed by atoms with E-state index >= 15 is 0 Å². The molecule has 1 unspecified atom stereocenters. The molecule has 1 N–H and O–H groups in total. The predicted molar refractivity (Wildman–Crippen MR) is 158 cm³/mol. The fourth-order valence-electron chi connectivity index (χ4n) is 3.87. The number of ether oxygens (including phenoxy) is 4. The molecule has 222 valence electrons. The van der Waals surface area contributed by atoms with Gasteiger partial charge in [-0.1, -0.05) is 43.9 Å². The molecule has 0 fully saturated rings. The van der Waals surface area contributed by atoms with Crippen LogP contribution in [0.15, 0.2) is 30.2 Å². The average molecular weight is 586 g/mol. The standard InChI is InChI=1S/C28H39N5O7Si/c1-10-21(35)33(14-13-32(3)4)28-30-26(37-5)23(27(31-28)38-6)29-25(36)24-19(34)16-22(40-24)39-20-15-18(41(7,8)9)12-11-17(20)2/h11-12,15-16,24H,10,13-14H2,1-9H3,(H,29,36). The van der Waals surface area contributed by atoms with Gasteiger partial charge < -0.3 is 29.2 Å². The Balaban J connectivity index is 1.82. The fourth-order valence-corrected chi connectivity index (χ4v) is 5.02. The molecule has 1 aromatic carbocycles.